The lowest BCUT2D eigenvalue weighted by Gasteiger charge is -2.53. The van der Waals surface area contributed by atoms with Crippen LogP contribution in [0.3, 0.4) is 0 Å². The van der Waals surface area contributed by atoms with Crippen LogP contribution in [0.15, 0.2) is 113 Å². The van der Waals surface area contributed by atoms with E-state index in [2.05, 4.69) is 86.0 Å². The van der Waals surface area contributed by atoms with E-state index in [1.54, 1.807) is 23.9 Å². The van der Waals surface area contributed by atoms with Crippen LogP contribution < -0.4 is 14.9 Å². The van der Waals surface area contributed by atoms with E-state index < -0.39 is 8.24 Å². The standard InChI is InChI=1S/C28H26N2O2SSi/c1-28(2,3)34(21-13-6-4-7-14-21,22-15-8-5-9-16-22)29-23-17-10-11-19-25(23)33-26-20-12-18-24(27(26)29)30(31)32/h4-20H,1-3H3. The van der Waals surface area contributed by atoms with Crippen LogP contribution >= 0.6 is 11.8 Å². The van der Waals surface area contributed by atoms with Gasteiger partial charge in [-0.15, -0.1) is 0 Å². The zero-order valence-electron chi connectivity index (χ0n) is 19.4. The molecule has 0 bridgehead atoms. The van der Waals surface area contributed by atoms with E-state index in [0.29, 0.717) is 5.69 Å². The second-order valence-corrected chi connectivity index (χ2v) is 15.1. The highest BCUT2D eigenvalue weighted by atomic mass is 32.2. The average Bonchev–Trinajstić information content (AvgIpc) is 2.84. The molecule has 5 rings (SSSR count). The number of nitrogens with zero attached hydrogens (tertiary/aromatic N) is 2. The molecule has 1 heterocycles. The van der Waals surface area contributed by atoms with Gasteiger partial charge in [0, 0.05) is 21.5 Å². The topological polar surface area (TPSA) is 46.4 Å². The Morgan fingerprint density at radius 2 is 1.26 bits per heavy atom. The lowest BCUT2D eigenvalue weighted by atomic mass is 10.2. The first kappa shape index (κ1) is 22.4. The third kappa shape index (κ3) is 3.37. The Kier molecular flexibility index (Phi) is 5.58. The largest absolute Gasteiger partial charge is 0.352 e. The van der Waals surface area contributed by atoms with Crippen molar-refractivity contribution < 1.29 is 4.92 Å². The number of nitro groups is 1. The van der Waals surface area contributed by atoms with Crippen LogP contribution in [-0.2, 0) is 0 Å². The van der Waals surface area contributed by atoms with Gasteiger partial charge in [-0.1, -0.05) is 111 Å². The fraction of sp³-hybridized carbons (Fsp3) is 0.143. The molecule has 0 N–H and O–H groups in total. The molecule has 4 aromatic carbocycles. The first-order valence-corrected chi connectivity index (χ1v) is 14.1. The van der Waals surface area contributed by atoms with Gasteiger partial charge < -0.3 is 4.57 Å². The summed E-state index contributed by atoms with van der Waals surface area (Å²) in [6, 6.07) is 34.9. The van der Waals surface area contributed by atoms with Gasteiger partial charge >= 0.3 is 0 Å². The molecule has 0 atom stereocenters. The SMILES string of the molecule is CC(C)(C)[Si](c1ccccc1)(c1ccccc1)N1c2ccccc2Sc2cccc([N+](=O)[O-])c21. The molecule has 1 aliphatic heterocycles. The molecule has 0 saturated heterocycles. The minimum atomic E-state index is -2.91. The van der Waals surface area contributed by atoms with Gasteiger partial charge in [0.2, 0.25) is 8.24 Å². The molecule has 0 aromatic heterocycles. The Labute approximate surface area is 205 Å². The fourth-order valence-corrected chi connectivity index (χ4v) is 12.2. The zero-order chi connectivity index (χ0) is 23.9. The van der Waals surface area contributed by atoms with Crippen molar-refractivity contribution in [2.45, 2.75) is 35.6 Å². The number of benzene rings is 4. The fourth-order valence-electron chi connectivity index (χ4n) is 5.27. The van der Waals surface area contributed by atoms with Crippen molar-refractivity contribution in [1.29, 1.82) is 0 Å². The summed E-state index contributed by atoms with van der Waals surface area (Å²) >= 11 is 1.61. The third-order valence-corrected chi connectivity index (χ3v) is 13.3. The van der Waals surface area contributed by atoms with Crippen molar-refractivity contribution in [1.82, 2.24) is 0 Å². The molecule has 0 aliphatic carbocycles. The highest BCUT2D eigenvalue weighted by molar-refractivity contribution is 7.99. The number of rotatable bonds is 4. The molecule has 0 spiro atoms. The van der Waals surface area contributed by atoms with E-state index in [1.807, 2.05) is 30.3 Å². The minimum absolute atomic E-state index is 0.146. The summed E-state index contributed by atoms with van der Waals surface area (Å²) in [6.07, 6.45) is 0. The van der Waals surface area contributed by atoms with Gasteiger partial charge in [-0.3, -0.25) is 10.1 Å². The predicted octanol–water partition coefficient (Wildman–Crippen LogP) is 6.76. The van der Waals surface area contributed by atoms with Crippen LogP contribution in [0, 0.1) is 10.1 Å². The monoisotopic (exact) mass is 482 g/mol. The molecule has 0 amide bonds. The number of hydrogen-bond donors (Lipinski definition) is 0. The summed E-state index contributed by atoms with van der Waals surface area (Å²) in [7, 11) is -2.91. The quantitative estimate of drug-likeness (QED) is 0.183. The lowest BCUT2D eigenvalue weighted by Crippen LogP contribution is -2.74. The van der Waals surface area contributed by atoms with Gasteiger partial charge in [-0.25, -0.2) is 0 Å². The Hall–Kier alpha value is -3.35. The Morgan fingerprint density at radius 3 is 1.82 bits per heavy atom. The van der Waals surface area contributed by atoms with Gasteiger partial charge in [0.25, 0.3) is 5.69 Å². The second-order valence-electron chi connectivity index (χ2n) is 9.48. The molecule has 4 aromatic rings. The van der Waals surface area contributed by atoms with Gasteiger partial charge in [0.05, 0.1) is 4.92 Å². The van der Waals surface area contributed by atoms with E-state index in [-0.39, 0.29) is 15.6 Å². The van der Waals surface area contributed by atoms with E-state index >= 15 is 0 Å². The van der Waals surface area contributed by atoms with Crippen molar-refractivity contribution in [3.8, 4) is 0 Å². The molecule has 170 valence electrons. The van der Waals surface area contributed by atoms with Crippen LogP contribution in [0.4, 0.5) is 17.1 Å². The summed E-state index contributed by atoms with van der Waals surface area (Å²) in [5, 5.41) is 14.6. The van der Waals surface area contributed by atoms with E-state index in [9.17, 15) is 10.1 Å². The molecular weight excluding hydrogens is 456 g/mol. The number of hydrogen-bond acceptors (Lipinski definition) is 4. The first-order valence-electron chi connectivity index (χ1n) is 11.3. The van der Waals surface area contributed by atoms with Crippen LogP contribution in [-0.4, -0.2) is 13.2 Å². The van der Waals surface area contributed by atoms with E-state index in [1.165, 1.54) is 10.4 Å². The van der Waals surface area contributed by atoms with Gasteiger partial charge in [0.15, 0.2) is 0 Å². The van der Waals surface area contributed by atoms with Crippen molar-refractivity contribution in [2.24, 2.45) is 0 Å². The zero-order valence-corrected chi connectivity index (χ0v) is 21.3. The Morgan fingerprint density at radius 1 is 0.735 bits per heavy atom. The average molecular weight is 483 g/mol. The molecule has 0 unspecified atom stereocenters. The van der Waals surface area contributed by atoms with E-state index in [0.717, 1.165) is 15.5 Å². The van der Waals surface area contributed by atoms with Crippen molar-refractivity contribution in [3.63, 3.8) is 0 Å². The molecule has 34 heavy (non-hydrogen) atoms. The summed E-state index contributed by atoms with van der Waals surface area (Å²) in [5.74, 6) is 0. The number of nitro benzene ring substituents is 1. The predicted molar refractivity (Wildman–Crippen MR) is 143 cm³/mol. The van der Waals surface area contributed by atoms with Gasteiger partial charge in [0.1, 0.15) is 5.69 Å². The number of fused-ring (bicyclic) bond motifs is 2. The normalized spacial score (nSPS) is 13.2. The highest BCUT2D eigenvalue weighted by Crippen LogP contribution is 2.56. The highest BCUT2D eigenvalue weighted by Gasteiger charge is 2.56. The molecule has 6 heteroatoms. The molecule has 0 fully saturated rings. The van der Waals surface area contributed by atoms with E-state index in [4.69, 9.17) is 0 Å². The lowest BCUT2D eigenvalue weighted by molar-refractivity contribution is -0.384. The third-order valence-electron chi connectivity index (χ3n) is 6.53. The maximum absolute atomic E-state index is 12.4. The number of para-hydroxylation sites is 2. The van der Waals surface area contributed by atoms with Crippen LogP contribution in [0.2, 0.25) is 5.04 Å². The summed E-state index contributed by atoms with van der Waals surface area (Å²) in [4.78, 5) is 14.2. The van der Waals surface area contributed by atoms with Crippen LogP contribution in [0.1, 0.15) is 20.8 Å². The van der Waals surface area contributed by atoms with Crippen molar-refractivity contribution in [2.75, 3.05) is 4.57 Å². The maximum Gasteiger partial charge on any atom is 0.293 e. The van der Waals surface area contributed by atoms with Gasteiger partial charge in [-0.05, 0) is 33.6 Å². The summed E-state index contributed by atoms with van der Waals surface area (Å²) in [5.41, 5.74) is 1.88. The Balaban J connectivity index is 1.99. The Bertz CT molecular complexity index is 1310. The maximum atomic E-state index is 12.4. The minimum Gasteiger partial charge on any atom is -0.352 e. The van der Waals surface area contributed by atoms with Crippen LogP contribution in [0.25, 0.3) is 0 Å². The number of anilines is 2. The summed E-state index contributed by atoms with van der Waals surface area (Å²) < 4.78 is 2.37. The first-order chi connectivity index (χ1) is 16.4. The molecule has 1 aliphatic rings. The van der Waals surface area contributed by atoms with Crippen molar-refractivity contribution >= 4 is 47.4 Å². The molecular formula is C28H26N2O2SSi. The smallest absolute Gasteiger partial charge is 0.293 e. The van der Waals surface area contributed by atoms with Gasteiger partial charge in [-0.2, -0.15) is 0 Å². The molecule has 0 radical (unpaired) electrons. The molecule has 4 nitrogen and oxygen atoms in total. The van der Waals surface area contributed by atoms with Crippen LogP contribution in [0.5, 0.6) is 0 Å². The second kappa shape index (κ2) is 8.45. The summed E-state index contributed by atoms with van der Waals surface area (Å²) in [6.45, 7) is 6.83. The molecule has 0 saturated carbocycles. The van der Waals surface area contributed by atoms with Crippen molar-refractivity contribution in [3.05, 3.63) is 113 Å².